The van der Waals surface area contributed by atoms with Gasteiger partial charge in [-0.25, -0.2) is 8.42 Å². The number of amides is 1. The number of hydrogen-bond donors (Lipinski definition) is 2. The maximum absolute atomic E-state index is 13.2. The molecule has 0 radical (unpaired) electrons. The van der Waals surface area contributed by atoms with Crippen LogP contribution in [0.4, 0.5) is 5.69 Å². The topological polar surface area (TPSA) is 112 Å². The molecule has 2 aliphatic rings. The van der Waals surface area contributed by atoms with Crippen LogP contribution < -0.4 is 10.1 Å². The Morgan fingerprint density at radius 3 is 2.38 bits per heavy atom. The molecule has 1 saturated heterocycles. The van der Waals surface area contributed by atoms with E-state index in [1.54, 1.807) is 26.0 Å². The van der Waals surface area contributed by atoms with E-state index in [9.17, 15) is 13.2 Å². The Bertz CT molecular complexity index is 953. The fourth-order valence-corrected chi connectivity index (χ4v) is 4.92. The minimum atomic E-state index is -3.34. The second kappa shape index (κ2) is 10.8. The Labute approximate surface area is 189 Å². The second-order valence-corrected chi connectivity index (χ2v) is 10.5. The van der Waals surface area contributed by atoms with Crippen LogP contribution in [-0.2, 0) is 19.6 Å². The van der Waals surface area contributed by atoms with Gasteiger partial charge >= 0.3 is 0 Å². The lowest BCUT2D eigenvalue weighted by atomic mass is 10.2. The van der Waals surface area contributed by atoms with Crippen LogP contribution in [0.1, 0.15) is 33.1 Å². The molecule has 0 atom stereocenters. The summed E-state index contributed by atoms with van der Waals surface area (Å²) in [5.74, 6) is 0.192. The number of fused-ring (bicyclic) bond motifs is 1. The van der Waals surface area contributed by atoms with E-state index in [-0.39, 0.29) is 5.76 Å². The van der Waals surface area contributed by atoms with Gasteiger partial charge in [-0.2, -0.15) is 4.31 Å². The maximum Gasteiger partial charge on any atom is 0.293 e. The van der Waals surface area contributed by atoms with Crippen LogP contribution in [0.15, 0.2) is 35.7 Å². The average Bonchev–Trinajstić information content (AvgIpc) is 2.78. The molecule has 2 N–H and O–H groups in total. The zero-order valence-corrected chi connectivity index (χ0v) is 19.5. The third-order valence-corrected chi connectivity index (χ3v) is 7.81. The van der Waals surface area contributed by atoms with Crippen LogP contribution in [0.3, 0.4) is 0 Å². The molecule has 1 aromatic carbocycles. The quantitative estimate of drug-likeness (QED) is 0.523. The van der Waals surface area contributed by atoms with Crippen LogP contribution in [0.25, 0.3) is 0 Å². The van der Waals surface area contributed by atoms with E-state index in [0.717, 1.165) is 25.5 Å². The highest BCUT2D eigenvalue weighted by atomic mass is 32.2. The lowest BCUT2D eigenvalue weighted by molar-refractivity contribution is -0.116. The summed E-state index contributed by atoms with van der Waals surface area (Å²) in [4.78, 5) is 15.0. The summed E-state index contributed by atoms with van der Waals surface area (Å²) < 4.78 is 38.1. The van der Waals surface area contributed by atoms with Crippen molar-refractivity contribution in [2.75, 3.05) is 44.7 Å². The highest BCUT2D eigenvalue weighted by Crippen LogP contribution is 2.26. The molecule has 10 heteroatoms. The Morgan fingerprint density at radius 1 is 1.06 bits per heavy atom. The summed E-state index contributed by atoms with van der Waals surface area (Å²) in [7, 11) is -3.34. The molecule has 176 valence electrons. The highest BCUT2D eigenvalue weighted by molar-refractivity contribution is 7.89. The number of carbonyl (C=O) groups is 1. The number of carbonyl (C=O) groups excluding carboxylic acids is 1. The second-order valence-electron chi connectivity index (χ2n) is 8.05. The molecule has 1 amide bonds. The first-order valence-corrected chi connectivity index (χ1v) is 12.5. The number of piperazine rings is 1. The SMILES string of the molecule is CC(C)S(=O)(=O)N1CCN(C(C=N)=C2OCCCCCOc3ccccc3NC2=O)CC1. The van der Waals surface area contributed by atoms with Gasteiger partial charge in [-0.15, -0.1) is 0 Å². The number of nitrogens with one attached hydrogen (secondary N) is 2. The van der Waals surface area contributed by atoms with Crippen LogP contribution in [-0.4, -0.2) is 74.4 Å². The largest absolute Gasteiger partial charge is 0.491 e. The summed E-state index contributed by atoms with van der Waals surface area (Å²) in [6, 6.07) is 7.22. The van der Waals surface area contributed by atoms with Crippen LogP contribution in [0, 0.1) is 5.41 Å². The van der Waals surface area contributed by atoms with Gasteiger partial charge in [0.25, 0.3) is 5.91 Å². The molecule has 1 aromatic rings. The molecule has 1 fully saturated rings. The van der Waals surface area contributed by atoms with E-state index < -0.39 is 21.2 Å². The number of sulfonamides is 1. The van der Waals surface area contributed by atoms with Gasteiger partial charge in [0, 0.05) is 32.4 Å². The first-order valence-electron chi connectivity index (χ1n) is 11.0. The number of hydrogen-bond acceptors (Lipinski definition) is 7. The predicted octanol–water partition coefficient (Wildman–Crippen LogP) is 2.42. The number of anilines is 1. The van der Waals surface area contributed by atoms with Crippen molar-refractivity contribution in [2.45, 2.75) is 38.4 Å². The molecule has 0 saturated carbocycles. The van der Waals surface area contributed by atoms with E-state index in [1.165, 1.54) is 4.31 Å². The molecule has 2 heterocycles. The average molecular weight is 465 g/mol. The van der Waals surface area contributed by atoms with Gasteiger partial charge in [-0.3, -0.25) is 4.79 Å². The fourth-order valence-electron chi connectivity index (χ4n) is 3.65. The van der Waals surface area contributed by atoms with Crippen molar-refractivity contribution >= 4 is 27.8 Å². The number of rotatable bonds is 4. The Morgan fingerprint density at radius 2 is 1.72 bits per heavy atom. The monoisotopic (exact) mass is 464 g/mol. The number of para-hydroxylation sites is 2. The van der Waals surface area contributed by atoms with E-state index in [1.807, 2.05) is 17.0 Å². The summed E-state index contributed by atoms with van der Waals surface area (Å²) in [6.07, 6.45) is 3.63. The molecular formula is C22H32N4O5S. The Hall–Kier alpha value is -2.59. The first kappa shape index (κ1) is 24.1. The van der Waals surface area contributed by atoms with Crippen molar-refractivity contribution in [3.63, 3.8) is 0 Å². The lowest BCUT2D eigenvalue weighted by Crippen LogP contribution is -2.50. The van der Waals surface area contributed by atoms with E-state index in [0.29, 0.717) is 56.5 Å². The normalized spacial score (nSPS) is 20.7. The van der Waals surface area contributed by atoms with Gasteiger partial charge < -0.3 is 25.1 Å². The standard InChI is InChI=1S/C22H32N4O5S/c1-17(2)32(28,29)26-12-10-25(11-13-26)19(16-23)21-22(27)24-18-8-4-5-9-20(18)30-14-6-3-7-15-31-21/h4-5,8-9,16-17,23H,3,6-7,10-15H2,1-2H3,(H,24,27). The van der Waals surface area contributed by atoms with Crippen molar-refractivity contribution in [1.82, 2.24) is 9.21 Å². The minimum Gasteiger partial charge on any atom is -0.491 e. The van der Waals surface area contributed by atoms with Crippen LogP contribution >= 0.6 is 0 Å². The first-order chi connectivity index (χ1) is 15.3. The summed E-state index contributed by atoms with van der Waals surface area (Å²) in [5, 5.41) is 10.3. The van der Waals surface area contributed by atoms with Gasteiger partial charge in [-0.05, 0) is 45.2 Å². The zero-order chi connectivity index (χ0) is 23.1. The third-order valence-electron chi connectivity index (χ3n) is 5.54. The predicted molar refractivity (Wildman–Crippen MR) is 123 cm³/mol. The van der Waals surface area contributed by atoms with Crippen molar-refractivity contribution in [3.8, 4) is 5.75 Å². The smallest absolute Gasteiger partial charge is 0.293 e. The molecule has 9 nitrogen and oxygen atoms in total. The lowest BCUT2D eigenvalue weighted by Gasteiger charge is -2.36. The fraction of sp³-hybridized carbons (Fsp3) is 0.545. The summed E-state index contributed by atoms with van der Waals surface area (Å²) in [6.45, 7) is 5.57. The molecule has 0 aromatic heterocycles. The van der Waals surface area contributed by atoms with Gasteiger partial charge in [0.1, 0.15) is 11.4 Å². The van der Waals surface area contributed by atoms with E-state index in [2.05, 4.69) is 5.32 Å². The van der Waals surface area contributed by atoms with Gasteiger partial charge in [0.2, 0.25) is 15.8 Å². The third kappa shape index (κ3) is 5.60. The maximum atomic E-state index is 13.2. The molecule has 2 aliphatic heterocycles. The summed E-state index contributed by atoms with van der Waals surface area (Å²) >= 11 is 0. The number of ether oxygens (including phenoxy) is 2. The highest BCUT2D eigenvalue weighted by Gasteiger charge is 2.31. The van der Waals surface area contributed by atoms with Gasteiger partial charge in [0.15, 0.2) is 0 Å². The van der Waals surface area contributed by atoms with Crippen LogP contribution in [0.5, 0.6) is 5.75 Å². The number of allylic oxidation sites excluding steroid dienone is 1. The van der Waals surface area contributed by atoms with Gasteiger partial charge in [0.05, 0.1) is 24.2 Å². The molecule has 0 bridgehead atoms. The zero-order valence-electron chi connectivity index (χ0n) is 18.7. The molecule has 0 spiro atoms. The van der Waals surface area contributed by atoms with Crippen molar-refractivity contribution < 1.29 is 22.7 Å². The van der Waals surface area contributed by atoms with Crippen LogP contribution in [0.2, 0.25) is 0 Å². The molecule has 0 aliphatic carbocycles. The molecule has 0 unspecified atom stereocenters. The summed E-state index contributed by atoms with van der Waals surface area (Å²) in [5.41, 5.74) is 0.885. The molecule has 32 heavy (non-hydrogen) atoms. The van der Waals surface area contributed by atoms with Crippen molar-refractivity contribution in [3.05, 3.63) is 35.7 Å². The molecule has 3 rings (SSSR count). The van der Waals surface area contributed by atoms with E-state index in [4.69, 9.17) is 14.9 Å². The van der Waals surface area contributed by atoms with Gasteiger partial charge in [-0.1, -0.05) is 12.1 Å². The number of nitrogens with zero attached hydrogens (tertiary/aromatic N) is 2. The molecular weight excluding hydrogens is 432 g/mol. The Balaban J connectivity index is 1.85. The van der Waals surface area contributed by atoms with Crippen molar-refractivity contribution in [1.29, 1.82) is 5.41 Å². The number of benzene rings is 1. The minimum absolute atomic E-state index is 0.0653. The Kier molecular flexibility index (Phi) is 8.14. The van der Waals surface area contributed by atoms with Crippen molar-refractivity contribution in [2.24, 2.45) is 0 Å². The van der Waals surface area contributed by atoms with E-state index >= 15 is 0 Å².